The minimum absolute atomic E-state index is 0.312. The Morgan fingerprint density at radius 1 is 1.06 bits per heavy atom. The van der Waals surface area contributed by atoms with Gasteiger partial charge in [-0.25, -0.2) is 0 Å². The van der Waals surface area contributed by atoms with Gasteiger partial charge < -0.3 is 5.32 Å². The summed E-state index contributed by atoms with van der Waals surface area (Å²) in [5.74, 6) is 0. The topological polar surface area (TPSA) is 35.8 Å². The molecule has 2 aromatic rings. The second-order valence-corrected chi connectivity index (χ2v) is 4.43. The number of nitrogens with one attached hydrogen (secondary N) is 1. The van der Waals surface area contributed by atoms with Crippen molar-refractivity contribution in [2.75, 3.05) is 5.32 Å². The lowest BCUT2D eigenvalue weighted by Gasteiger charge is -2.16. The molecule has 0 aliphatic carbocycles. The van der Waals surface area contributed by atoms with Gasteiger partial charge in [0.15, 0.2) is 0 Å². The highest BCUT2D eigenvalue weighted by Gasteiger charge is 2.12. The molecular formula is C16H16N2. The summed E-state index contributed by atoms with van der Waals surface area (Å²) in [5.41, 5.74) is 4.36. The monoisotopic (exact) mass is 236 g/mol. The van der Waals surface area contributed by atoms with Crippen LogP contribution < -0.4 is 5.32 Å². The lowest BCUT2D eigenvalue weighted by atomic mass is 10.00. The summed E-state index contributed by atoms with van der Waals surface area (Å²) in [6.07, 6.45) is 0. The van der Waals surface area contributed by atoms with Gasteiger partial charge in [0, 0.05) is 5.69 Å². The van der Waals surface area contributed by atoms with Crippen LogP contribution in [0, 0.1) is 25.2 Å². The fourth-order valence-corrected chi connectivity index (χ4v) is 2.03. The Morgan fingerprint density at radius 3 is 2.39 bits per heavy atom. The predicted molar refractivity (Wildman–Crippen MR) is 74.3 cm³/mol. The van der Waals surface area contributed by atoms with Crippen molar-refractivity contribution in [3.8, 4) is 6.07 Å². The van der Waals surface area contributed by atoms with Crippen molar-refractivity contribution in [3.05, 3.63) is 65.2 Å². The van der Waals surface area contributed by atoms with Gasteiger partial charge in [0.1, 0.15) is 6.04 Å². The number of aryl methyl sites for hydroxylation is 2. The van der Waals surface area contributed by atoms with E-state index in [1.54, 1.807) is 0 Å². The number of hydrogen-bond acceptors (Lipinski definition) is 2. The van der Waals surface area contributed by atoms with Crippen molar-refractivity contribution >= 4 is 5.69 Å². The molecule has 0 fully saturated rings. The first-order chi connectivity index (χ1) is 8.70. The maximum atomic E-state index is 9.32. The summed E-state index contributed by atoms with van der Waals surface area (Å²) in [6.45, 7) is 4.10. The van der Waals surface area contributed by atoms with Crippen LogP contribution in [0.3, 0.4) is 0 Å². The Morgan fingerprint density at radius 2 is 1.78 bits per heavy atom. The van der Waals surface area contributed by atoms with Crippen molar-refractivity contribution in [2.45, 2.75) is 19.9 Å². The van der Waals surface area contributed by atoms with E-state index in [2.05, 4.69) is 24.4 Å². The van der Waals surface area contributed by atoms with Gasteiger partial charge in [-0.05, 0) is 37.1 Å². The van der Waals surface area contributed by atoms with Crippen LogP contribution in [0.5, 0.6) is 0 Å². The Balaban J connectivity index is 2.27. The number of anilines is 1. The number of hydrogen-bond donors (Lipinski definition) is 1. The molecule has 90 valence electrons. The Bertz CT molecular complexity index is 567. The normalized spacial score (nSPS) is 11.6. The molecule has 1 unspecified atom stereocenters. The number of nitrogens with zero attached hydrogens (tertiary/aromatic N) is 1. The fraction of sp³-hybridized carbons (Fsp3) is 0.188. The number of nitriles is 1. The molecular weight excluding hydrogens is 220 g/mol. The van der Waals surface area contributed by atoms with Gasteiger partial charge in [0.05, 0.1) is 6.07 Å². The molecule has 18 heavy (non-hydrogen) atoms. The molecule has 0 radical (unpaired) electrons. The zero-order chi connectivity index (χ0) is 13.0. The van der Waals surface area contributed by atoms with Crippen molar-refractivity contribution in [1.29, 1.82) is 5.26 Å². The first-order valence-corrected chi connectivity index (χ1v) is 5.99. The second kappa shape index (κ2) is 5.37. The average molecular weight is 236 g/mol. The van der Waals surface area contributed by atoms with Gasteiger partial charge in [-0.1, -0.05) is 42.0 Å². The maximum Gasteiger partial charge on any atom is 0.140 e. The van der Waals surface area contributed by atoms with Crippen LogP contribution in [0.2, 0.25) is 0 Å². The summed E-state index contributed by atoms with van der Waals surface area (Å²) >= 11 is 0. The molecule has 2 heteroatoms. The molecule has 2 nitrogen and oxygen atoms in total. The van der Waals surface area contributed by atoms with Gasteiger partial charge in [-0.2, -0.15) is 5.26 Å². The van der Waals surface area contributed by atoms with E-state index < -0.39 is 0 Å². The second-order valence-electron chi connectivity index (χ2n) is 4.43. The van der Waals surface area contributed by atoms with E-state index in [9.17, 15) is 5.26 Å². The van der Waals surface area contributed by atoms with Crippen molar-refractivity contribution in [3.63, 3.8) is 0 Å². The van der Waals surface area contributed by atoms with Crippen LogP contribution in [-0.4, -0.2) is 0 Å². The molecule has 0 amide bonds. The molecule has 0 spiro atoms. The van der Waals surface area contributed by atoms with E-state index >= 15 is 0 Å². The quantitative estimate of drug-likeness (QED) is 0.875. The van der Waals surface area contributed by atoms with E-state index in [4.69, 9.17) is 0 Å². The highest BCUT2D eigenvalue weighted by atomic mass is 14.9. The predicted octanol–water partition coefficient (Wildman–Crippen LogP) is 3.98. The molecule has 2 rings (SSSR count). The third-order valence-electron chi connectivity index (χ3n) is 2.95. The highest BCUT2D eigenvalue weighted by molar-refractivity contribution is 5.48. The average Bonchev–Trinajstić information content (AvgIpc) is 2.38. The largest absolute Gasteiger partial charge is 0.366 e. The molecule has 0 heterocycles. The number of para-hydroxylation sites is 1. The van der Waals surface area contributed by atoms with E-state index in [1.807, 2.05) is 49.4 Å². The molecule has 1 N–H and O–H groups in total. The SMILES string of the molecule is Cc1ccc(C(C#N)Nc2ccccc2)c(C)c1. The Kier molecular flexibility index (Phi) is 3.64. The minimum Gasteiger partial charge on any atom is -0.366 e. The first kappa shape index (κ1) is 12.2. The van der Waals surface area contributed by atoms with Crippen LogP contribution in [0.4, 0.5) is 5.69 Å². The molecule has 0 bridgehead atoms. The van der Waals surface area contributed by atoms with Crippen LogP contribution in [0.15, 0.2) is 48.5 Å². The molecule has 0 aromatic heterocycles. The standard InChI is InChI=1S/C16H16N2/c1-12-8-9-15(13(2)10-12)16(11-17)18-14-6-4-3-5-7-14/h3-10,16,18H,1-2H3. The molecule has 0 saturated carbocycles. The van der Waals surface area contributed by atoms with Gasteiger partial charge in [0.2, 0.25) is 0 Å². The summed E-state index contributed by atoms with van der Waals surface area (Å²) in [6, 6.07) is 18.0. The van der Waals surface area contributed by atoms with E-state index in [-0.39, 0.29) is 6.04 Å². The van der Waals surface area contributed by atoms with Crippen LogP contribution in [0.25, 0.3) is 0 Å². The third-order valence-corrected chi connectivity index (χ3v) is 2.95. The first-order valence-electron chi connectivity index (χ1n) is 5.99. The van der Waals surface area contributed by atoms with Gasteiger partial charge in [-0.15, -0.1) is 0 Å². The Hall–Kier alpha value is -2.27. The fourth-order valence-electron chi connectivity index (χ4n) is 2.03. The summed E-state index contributed by atoms with van der Waals surface area (Å²) in [4.78, 5) is 0. The van der Waals surface area contributed by atoms with Crippen molar-refractivity contribution in [2.24, 2.45) is 0 Å². The molecule has 0 saturated heterocycles. The minimum atomic E-state index is -0.312. The summed E-state index contributed by atoms with van der Waals surface area (Å²) < 4.78 is 0. The van der Waals surface area contributed by atoms with E-state index in [0.717, 1.165) is 16.8 Å². The lowest BCUT2D eigenvalue weighted by molar-refractivity contribution is 0.979. The maximum absolute atomic E-state index is 9.32. The van der Waals surface area contributed by atoms with Crippen molar-refractivity contribution < 1.29 is 0 Å². The van der Waals surface area contributed by atoms with Crippen LogP contribution in [-0.2, 0) is 0 Å². The molecule has 1 atom stereocenters. The molecule has 0 aliphatic heterocycles. The third kappa shape index (κ3) is 2.70. The van der Waals surface area contributed by atoms with Crippen LogP contribution in [0.1, 0.15) is 22.7 Å². The molecule has 0 aliphatic rings. The van der Waals surface area contributed by atoms with Gasteiger partial charge in [0.25, 0.3) is 0 Å². The van der Waals surface area contributed by atoms with Crippen molar-refractivity contribution in [1.82, 2.24) is 0 Å². The lowest BCUT2D eigenvalue weighted by Crippen LogP contribution is -2.09. The van der Waals surface area contributed by atoms with Crippen LogP contribution >= 0.6 is 0 Å². The number of benzene rings is 2. The molecule has 2 aromatic carbocycles. The summed E-state index contributed by atoms with van der Waals surface area (Å²) in [7, 11) is 0. The van der Waals surface area contributed by atoms with E-state index in [1.165, 1.54) is 5.56 Å². The number of rotatable bonds is 3. The van der Waals surface area contributed by atoms with Gasteiger partial charge >= 0.3 is 0 Å². The summed E-state index contributed by atoms with van der Waals surface area (Å²) in [5, 5.41) is 12.6. The zero-order valence-electron chi connectivity index (χ0n) is 10.6. The zero-order valence-corrected chi connectivity index (χ0v) is 10.6. The Labute approximate surface area is 108 Å². The smallest absolute Gasteiger partial charge is 0.140 e. The van der Waals surface area contributed by atoms with Gasteiger partial charge in [-0.3, -0.25) is 0 Å². The highest BCUT2D eigenvalue weighted by Crippen LogP contribution is 2.22. The van der Waals surface area contributed by atoms with E-state index in [0.29, 0.717) is 0 Å².